The number of benzene rings is 3. The van der Waals surface area contributed by atoms with E-state index in [2.05, 4.69) is 52.3 Å². The number of ether oxygens (including phenoxy) is 1. The lowest BCUT2D eigenvalue weighted by Gasteiger charge is -2.19. The Kier molecular flexibility index (Phi) is 11.6. The molecular weight excluding hydrogens is 452 g/mol. The summed E-state index contributed by atoms with van der Waals surface area (Å²) < 4.78 is 5.31. The number of carbonyl (C=O) groups is 2. The van der Waals surface area contributed by atoms with Gasteiger partial charge >= 0.3 is 0 Å². The topological polar surface area (TPSA) is 105 Å². The lowest BCUT2D eigenvalue weighted by Crippen LogP contribution is -2.49. The van der Waals surface area contributed by atoms with Crippen molar-refractivity contribution in [1.29, 1.82) is 0 Å². The Hall–Kier alpha value is -3.52. The third-order valence-electron chi connectivity index (χ3n) is 5.66. The van der Waals surface area contributed by atoms with E-state index in [0.717, 1.165) is 11.1 Å². The molecule has 2 amide bonds. The largest absolute Gasteiger partial charge is 0.378 e. The molecule has 0 spiro atoms. The maximum absolute atomic E-state index is 12.7. The lowest BCUT2D eigenvalue weighted by atomic mass is 10.0. The minimum atomic E-state index is -0.653. The van der Waals surface area contributed by atoms with Gasteiger partial charge in [-0.1, -0.05) is 84.9 Å². The third-order valence-corrected chi connectivity index (χ3v) is 5.66. The van der Waals surface area contributed by atoms with E-state index >= 15 is 0 Å². The van der Waals surface area contributed by atoms with Crippen LogP contribution in [0.2, 0.25) is 0 Å². The molecule has 7 nitrogen and oxygen atoms in total. The Morgan fingerprint density at radius 2 is 1.44 bits per heavy atom. The average molecular weight is 489 g/mol. The molecule has 0 radical (unpaired) electrons. The first kappa shape index (κ1) is 27.1. The van der Waals surface area contributed by atoms with Crippen LogP contribution in [0.4, 0.5) is 0 Å². The summed E-state index contributed by atoms with van der Waals surface area (Å²) in [7, 11) is 0. The molecule has 0 heterocycles. The monoisotopic (exact) mass is 488 g/mol. The molecule has 5 N–H and O–H groups in total. The minimum absolute atomic E-state index is 0.169. The minimum Gasteiger partial charge on any atom is -0.378 e. The van der Waals surface area contributed by atoms with Gasteiger partial charge in [-0.05, 0) is 22.3 Å². The van der Waals surface area contributed by atoms with E-state index in [-0.39, 0.29) is 18.2 Å². The molecule has 0 aliphatic heterocycles. The number of amides is 2. The van der Waals surface area contributed by atoms with Gasteiger partial charge in [0.2, 0.25) is 11.8 Å². The second kappa shape index (κ2) is 15.5. The van der Waals surface area contributed by atoms with Crippen LogP contribution in [-0.2, 0) is 27.3 Å². The highest BCUT2D eigenvalue weighted by Gasteiger charge is 2.20. The number of nitrogens with one attached hydrogen (secondary N) is 3. The van der Waals surface area contributed by atoms with Crippen molar-refractivity contribution < 1.29 is 14.3 Å². The van der Waals surface area contributed by atoms with Gasteiger partial charge in [-0.2, -0.15) is 0 Å². The third kappa shape index (κ3) is 9.62. The van der Waals surface area contributed by atoms with E-state index in [4.69, 9.17) is 10.5 Å². The molecule has 0 fully saturated rings. The smallest absolute Gasteiger partial charge is 0.243 e. The highest BCUT2D eigenvalue weighted by atomic mass is 16.5. The fourth-order valence-electron chi connectivity index (χ4n) is 3.76. The Labute approximate surface area is 213 Å². The van der Waals surface area contributed by atoms with E-state index in [9.17, 15) is 9.59 Å². The molecule has 1 atom stereocenters. The van der Waals surface area contributed by atoms with Crippen LogP contribution in [0.25, 0.3) is 11.1 Å². The number of rotatable bonds is 15. The number of hydrogen-bond donors (Lipinski definition) is 4. The van der Waals surface area contributed by atoms with Gasteiger partial charge in [-0.25, -0.2) is 0 Å². The summed E-state index contributed by atoms with van der Waals surface area (Å²) in [4.78, 5) is 25.3. The Bertz CT molecular complexity index is 1040. The summed E-state index contributed by atoms with van der Waals surface area (Å²) in [6.45, 7) is 2.81. The first-order valence-corrected chi connectivity index (χ1v) is 12.4. The zero-order chi connectivity index (χ0) is 25.4. The Morgan fingerprint density at radius 3 is 2.14 bits per heavy atom. The summed E-state index contributed by atoms with van der Waals surface area (Å²) in [5.74, 6) is -0.396. The van der Waals surface area contributed by atoms with Crippen molar-refractivity contribution in [3.05, 3.63) is 96.1 Å². The predicted octanol–water partition coefficient (Wildman–Crippen LogP) is 2.65. The second-order valence-corrected chi connectivity index (χ2v) is 8.49. The molecule has 0 aliphatic rings. The number of carbonyl (C=O) groups excluding carboxylic acids is 2. The van der Waals surface area contributed by atoms with Crippen LogP contribution in [0.3, 0.4) is 0 Å². The van der Waals surface area contributed by atoms with E-state index in [1.807, 2.05) is 48.5 Å². The number of nitrogens with two attached hydrogens (primary N) is 1. The van der Waals surface area contributed by atoms with Gasteiger partial charge in [0.15, 0.2) is 0 Å². The molecule has 0 bridgehead atoms. The Balaban J connectivity index is 1.43. The summed E-state index contributed by atoms with van der Waals surface area (Å²) in [6.07, 6.45) is 0.698. The van der Waals surface area contributed by atoms with Gasteiger partial charge in [0.1, 0.15) is 6.04 Å². The van der Waals surface area contributed by atoms with Crippen LogP contribution in [0.5, 0.6) is 0 Å². The van der Waals surface area contributed by atoms with Crippen molar-refractivity contribution in [3.8, 4) is 11.1 Å². The highest BCUT2D eigenvalue weighted by Crippen LogP contribution is 2.19. The second-order valence-electron chi connectivity index (χ2n) is 8.49. The van der Waals surface area contributed by atoms with Gasteiger partial charge in [-0.3, -0.25) is 9.59 Å². The molecule has 0 saturated heterocycles. The Morgan fingerprint density at radius 1 is 0.778 bits per heavy atom. The maximum atomic E-state index is 12.7. The lowest BCUT2D eigenvalue weighted by molar-refractivity contribution is -0.129. The zero-order valence-corrected chi connectivity index (χ0v) is 20.6. The van der Waals surface area contributed by atoms with Crippen LogP contribution >= 0.6 is 0 Å². The van der Waals surface area contributed by atoms with E-state index in [0.29, 0.717) is 45.8 Å². The molecule has 190 valence electrons. The summed E-state index contributed by atoms with van der Waals surface area (Å²) in [5.41, 5.74) is 9.89. The van der Waals surface area contributed by atoms with Crippen molar-refractivity contribution in [2.75, 3.05) is 32.8 Å². The summed E-state index contributed by atoms with van der Waals surface area (Å²) >= 11 is 0. The van der Waals surface area contributed by atoms with E-state index < -0.39 is 6.04 Å². The molecule has 3 aromatic rings. The summed E-state index contributed by atoms with van der Waals surface area (Å²) in [5, 5.41) is 9.04. The molecule has 3 rings (SSSR count). The molecular formula is C29H36N4O3. The molecule has 0 aromatic heterocycles. The fourth-order valence-corrected chi connectivity index (χ4v) is 3.76. The van der Waals surface area contributed by atoms with E-state index in [1.54, 1.807) is 0 Å². The average Bonchev–Trinajstić information content (AvgIpc) is 2.92. The van der Waals surface area contributed by atoms with Gasteiger partial charge in [0, 0.05) is 39.0 Å². The van der Waals surface area contributed by atoms with E-state index in [1.165, 1.54) is 11.1 Å². The number of hydrogen-bond acceptors (Lipinski definition) is 5. The molecule has 3 aromatic carbocycles. The molecule has 36 heavy (non-hydrogen) atoms. The van der Waals surface area contributed by atoms with Crippen molar-refractivity contribution in [1.82, 2.24) is 16.0 Å². The van der Waals surface area contributed by atoms with Crippen LogP contribution in [0.1, 0.15) is 17.5 Å². The van der Waals surface area contributed by atoms with Crippen LogP contribution < -0.4 is 21.7 Å². The predicted molar refractivity (Wildman–Crippen MR) is 143 cm³/mol. The van der Waals surface area contributed by atoms with Crippen molar-refractivity contribution in [3.63, 3.8) is 0 Å². The normalized spacial score (nSPS) is 11.6. The van der Waals surface area contributed by atoms with Gasteiger partial charge in [-0.15, -0.1) is 0 Å². The van der Waals surface area contributed by atoms with Crippen LogP contribution in [-0.4, -0.2) is 50.7 Å². The van der Waals surface area contributed by atoms with Gasteiger partial charge in [0.05, 0.1) is 13.2 Å². The van der Waals surface area contributed by atoms with Crippen molar-refractivity contribution in [2.45, 2.75) is 25.4 Å². The van der Waals surface area contributed by atoms with Crippen molar-refractivity contribution in [2.24, 2.45) is 5.73 Å². The van der Waals surface area contributed by atoms with Crippen LogP contribution in [0.15, 0.2) is 84.9 Å². The molecule has 0 saturated carbocycles. The van der Waals surface area contributed by atoms with Crippen LogP contribution in [0, 0.1) is 0 Å². The first-order chi connectivity index (χ1) is 17.7. The highest BCUT2D eigenvalue weighted by molar-refractivity contribution is 5.87. The SMILES string of the molecule is NCCOCCNC(=O)[C@H](Cc1ccccc1)NC(=O)CCNCc1ccc(-c2ccccc2)cc1. The summed E-state index contributed by atoms with van der Waals surface area (Å²) in [6, 6.07) is 27.6. The fraction of sp³-hybridized carbons (Fsp3) is 0.310. The first-order valence-electron chi connectivity index (χ1n) is 12.4. The quantitative estimate of drug-likeness (QED) is 0.246. The standard InChI is InChI=1S/C29H36N4O3/c30-16-19-36-20-18-32-29(35)27(21-23-7-3-1-4-8-23)33-28(34)15-17-31-22-24-11-13-26(14-12-24)25-9-5-2-6-10-25/h1-14,27,31H,15-22,30H2,(H,32,35)(H,33,34)/t27-/m0/s1. The van der Waals surface area contributed by atoms with Gasteiger partial charge < -0.3 is 26.4 Å². The molecule has 7 heteroatoms. The van der Waals surface area contributed by atoms with Crippen molar-refractivity contribution >= 4 is 11.8 Å². The zero-order valence-electron chi connectivity index (χ0n) is 20.6. The van der Waals surface area contributed by atoms with Gasteiger partial charge in [0.25, 0.3) is 0 Å². The molecule has 0 aliphatic carbocycles. The maximum Gasteiger partial charge on any atom is 0.243 e. The molecule has 0 unspecified atom stereocenters.